The van der Waals surface area contributed by atoms with Crippen LogP contribution in [0.25, 0.3) is 0 Å². The summed E-state index contributed by atoms with van der Waals surface area (Å²) in [5, 5.41) is 13.2. The van der Waals surface area contributed by atoms with Gasteiger partial charge in [-0.1, -0.05) is 48.9 Å². The van der Waals surface area contributed by atoms with Gasteiger partial charge in [0.25, 0.3) is 0 Å². The van der Waals surface area contributed by atoms with Gasteiger partial charge in [0.1, 0.15) is 12.6 Å². The Morgan fingerprint density at radius 2 is 1.79 bits per heavy atom. The fourth-order valence-electron chi connectivity index (χ4n) is 3.12. The summed E-state index contributed by atoms with van der Waals surface area (Å²) in [6, 6.07) is 15.5. The van der Waals surface area contributed by atoms with Crippen molar-refractivity contribution in [3.63, 3.8) is 0 Å². The van der Waals surface area contributed by atoms with E-state index in [1.807, 2.05) is 37.3 Å². The number of carbonyl (C=O) groups excluding carboxylic acids is 2. The van der Waals surface area contributed by atoms with Crippen LogP contribution < -0.4 is 10.2 Å². The number of halogens is 1. The van der Waals surface area contributed by atoms with Gasteiger partial charge >= 0.3 is 5.97 Å². The summed E-state index contributed by atoms with van der Waals surface area (Å²) in [6.07, 6.45) is 0.979. The minimum Gasteiger partial charge on any atom is -0.468 e. The predicted molar refractivity (Wildman–Crippen MR) is 114 cm³/mol. The molecule has 0 unspecified atom stereocenters. The smallest absolute Gasteiger partial charge is 0.325 e. The highest BCUT2D eigenvalue weighted by Gasteiger charge is 2.28. The second-order valence-electron chi connectivity index (χ2n) is 6.68. The van der Waals surface area contributed by atoms with Gasteiger partial charge < -0.3 is 20.1 Å². The Morgan fingerprint density at radius 1 is 1.14 bits per heavy atom. The van der Waals surface area contributed by atoms with E-state index in [9.17, 15) is 14.7 Å². The number of hydrogen-bond acceptors (Lipinski definition) is 5. The van der Waals surface area contributed by atoms with E-state index in [1.165, 1.54) is 7.11 Å². The standard InChI is InChI=1S/C22H27ClN2O4/c1-3-20(22(28)24-18(15-26)13-16-7-5-4-6-8-16)25(14-21(27)29-2)19-11-9-17(23)10-12-19/h4-12,18,20,26H,3,13-15H2,1-2H3,(H,24,28)/t18-,20-/m1/s1. The molecule has 1 amide bonds. The van der Waals surface area contributed by atoms with Gasteiger partial charge in [-0.2, -0.15) is 0 Å². The number of ether oxygens (including phenoxy) is 1. The molecule has 2 atom stereocenters. The van der Waals surface area contributed by atoms with E-state index >= 15 is 0 Å². The maximum absolute atomic E-state index is 13.0. The number of nitrogens with zero attached hydrogens (tertiary/aromatic N) is 1. The first-order valence-electron chi connectivity index (χ1n) is 9.52. The molecule has 0 radical (unpaired) electrons. The zero-order valence-electron chi connectivity index (χ0n) is 16.7. The topological polar surface area (TPSA) is 78.9 Å². The van der Waals surface area contributed by atoms with Gasteiger partial charge in [-0.15, -0.1) is 0 Å². The number of anilines is 1. The molecule has 0 aliphatic heterocycles. The van der Waals surface area contributed by atoms with Crippen molar-refractivity contribution in [3.05, 3.63) is 65.2 Å². The second-order valence-corrected chi connectivity index (χ2v) is 7.12. The summed E-state index contributed by atoms with van der Waals surface area (Å²) < 4.78 is 4.80. The molecule has 0 aliphatic carbocycles. The van der Waals surface area contributed by atoms with Crippen LogP contribution in [0.3, 0.4) is 0 Å². The van der Waals surface area contributed by atoms with Crippen molar-refractivity contribution >= 4 is 29.2 Å². The lowest BCUT2D eigenvalue weighted by Crippen LogP contribution is -2.52. The number of carbonyl (C=O) groups is 2. The molecule has 0 aliphatic rings. The van der Waals surface area contributed by atoms with Crippen LogP contribution in [0.1, 0.15) is 18.9 Å². The summed E-state index contributed by atoms with van der Waals surface area (Å²) in [4.78, 5) is 26.7. The number of methoxy groups -OCH3 is 1. The van der Waals surface area contributed by atoms with Crippen LogP contribution >= 0.6 is 11.6 Å². The minimum atomic E-state index is -0.611. The lowest BCUT2D eigenvalue weighted by atomic mass is 10.1. The summed E-state index contributed by atoms with van der Waals surface area (Å²) >= 11 is 5.97. The highest BCUT2D eigenvalue weighted by Crippen LogP contribution is 2.22. The Kier molecular flexibility index (Phi) is 8.96. The molecule has 0 saturated heterocycles. The molecule has 6 nitrogen and oxygen atoms in total. The van der Waals surface area contributed by atoms with Gasteiger partial charge in [0.15, 0.2) is 0 Å². The van der Waals surface area contributed by atoms with Gasteiger partial charge in [-0.3, -0.25) is 9.59 Å². The van der Waals surface area contributed by atoms with Crippen LogP contribution in [0.15, 0.2) is 54.6 Å². The van der Waals surface area contributed by atoms with Crippen LogP contribution in [-0.2, 0) is 20.7 Å². The Balaban J connectivity index is 2.19. The molecule has 0 bridgehead atoms. The summed E-state index contributed by atoms with van der Waals surface area (Å²) in [7, 11) is 1.31. The molecule has 2 rings (SSSR count). The lowest BCUT2D eigenvalue weighted by Gasteiger charge is -2.32. The van der Waals surface area contributed by atoms with Crippen molar-refractivity contribution in [1.82, 2.24) is 5.32 Å². The average Bonchev–Trinajstić information content (AvgIpc) is 2.74. The number of hydrogen-bond donors (Lipinski definition) is 2. The first-order chi connectivity index (χ1) is 14.0. The molecule has 2 aromatic carbocycles. The van der Waals surface area contributed by atoms with Gasteiger partial charge in [0.2, 0.25) is 5.91 Å². The first kappa shape index (κ1) is 22.7. The van der Waals surface area contributed by atoms with E-state index < -0.39 is 18.1 Å². The molecule has 0 saturated carbocycles. The van der Waals surface area contributed by atoms with Gasteiger partial charge in [-0.25, -0.2) is 0 Å². The lowest BCUT2D eigenvalue weighted by molar-refractivity contribution is -0.139. The molecule has 7 heteroatoms. The Labute approximate surface area is 176 Å². The third kappa shape index (κ3) is 6.76. The Hall–Kier alpha value is -2.57. The highest BCUT2D eigenvalue weighted by atomic mass is 35.5. The Morgan fingerprint density at radius 3 is 2.34 bits per heavy atom. The minimum absolute atomic E-state index is 0.0768. The van der Waals surface area contributed by atoms with Crippen LogP contribution in [-0.4, -0.2) is 49.3 Å². The first-order valence-corrected chi connectivity index (χ1v) is 9.90. The fraction of sp³-hybridized carbons (Fsp3) is 0.364. The van der Waals surface area contributed by atoms with Crippen LogP contribution in [0.2, 0.25) is 5.02 Å². The molecular formula is C22H27ClN2O4. The van der Waals surface area contributed by atoms with E-state index in [-0.39, 0.29) is 19.1 Å². The number of benzene rings is 2. The van der Waals surface area contributed by atoms with Crippen LogP contribution in [0.4, 0.5) is 5.69 Å². The molecule has 0 aromatic heterocycles. The molecule has 2 N–H and O–H groups in total. The molecule has 0 spiro atoms. The largest absolute Gasteiger partial charge is 0.468 e. The normalized spacial score (nSPS) is 12.7. The monoisotopic (exact) mass is 418 g/mol. The number of aliphatic hydroxyl groups is 1. The van der Waals surface area contributed by atoms with Crippen molar-refractivity contribution in [2.45, 2.75) is 31.8 Å². The van der Waals surface area contributed by atoms with E-state index in [2.05, 4.69) is 5.32 Å². The zero-order valence-corrected chi connectivity index (χ0v) is 17.4. The van der Waals surface area contributed by atoms with Crippen molar-refractivity contribution < 1.29 is 19.4 Å². The number of nitrogens with one attached hydrogen (secondary N) is 1. The molecule has 0 heterocycles. The summed E-state index contributed by atoms with van der Waals surface area (Å²) in [5.74, 6) is -0.712. The van der Waals surface area contributed by atoms with E-state index in [0.717, 1.165) is 5.56 Å². The molecule has 0 fully saturated rings. The molecular weight excluding hydrogens is 392 g/mol. The van der Waals surface area contributed by atoms with E-state index in [0.29, 0.717) is 23.6 Å². The fourth-order valence-corrected chi connectivity index (χ4v) is 3.25. The second kappa shape index (κ2) is 11.4. The predicted octanol–water partition coefficient (Wildman–Crippen LogP) is 2.82. The van der Waals surface area contributed by atoms with Gasteiger partial charge in [0.05, 0.1) is 19.8 Å². The molecule has 29 heavy (non-hydrogen) atoms. The van der Waals surface area contributed by atoms with Crippen LogP contribution in [0.5, 0.6) is 0 Å². The zero-order chi connectivity index (χ0) is 21.2. The Bertz CT molecular complexity index is 783. The summed E-state index contributed by atoms with van der Waals surface area (Å²) in [5.41, 5.74) is 1.70. The van der Waals surface area contributed by atoms with Crippen LogP contribution in [0, 0.1) is 0 Å². The average molecular weight is 419 g/mol. The third-order valence-corrected chi connectivity index (χ3v) is 4.89. The van der Waals surface area contributed by atoms with Crippen molar-refractivity contribution in [2.24, 2.45) is 0 Å². The molecule has 2 aromatic rings. The number of aliphatic hydroxyl groups excluding tert-OH is 1. The number of rotatable bonds is 10. The molecule has 156 valence electrons. The van der Waals surface area contributed by atoms with Crippen molar-refractivity contribution in [1.29, 1.82) is 0 Å². The number of amides is 1. The highest BCUT2D eigenvalue weighted by molar-refractivity contribution is 6.30. The summed E-state index contributed by atoms with van der Waals surface area (Å²) in [6.45, 7) is 1.61. The van der Waals surface area contributed by atoms with Crippen molar-refractivity contribution in [2.75, 3.05) is 25.2 Å². The van der Waals surface area contributed by atoms with Gasteiger partial charge in [0, 0.05) is 10.7 Å². The quantitative estimate of drug-likeness (QED) is 0.580. The SMILES string of the molecule is CC[C@H](C(=O)N[C@@H](CO)Cc1ccccc1)N(CC(=O)OC)c1ccc(Cl)cc1. The third-order valence-electron chi connectivity index (χ3n) is 4.64. The maximum Gasteiger partial charge on any atom is 0.325 e. The van der Waals surface area contributed by atoms with Crippen molar-refractivity contribution in [3.8, 4) is 0 Å². The van der Waals surface area contributed by atoms with Gasteiger partial charge in [-0.05, 0) is 42.7 Å². The maximum atomic E-state index is 13.0. The van der Waals surface area contributed by atoms with E-state index in [4.69, 9.17) is 16.3 Å². The van der Waals surface area contributed by atoms with E-state index in [1.54, 1.807) is 29.2 Å². The number of esters is 1.